The largest absolute Gasteiger partial charge is 1.00 e. The number of hydrogen-bond acceptors (Lipinski definition) is 9. The zero-order valence-corrected chi connectivity index (χ0v) is 24.0. The molecule has 0 aromatic carbocycles. The van der Waals surface area contributed by atoms with Crippen molar-refractivity contribution in [1.82, 2.24) is 15.0 Å². The SMILES string of the molecule is C.CO.[Cl-].[Cl-].[NH3+]CCS.[NH3+]CCSSc1ccccn1.c1ccc(SSc2ccccn2)nc1. The number of halogens is 2. The highest BCUT2D eigenvalue weighted by Crippen LogP contribution is 2.34. The number of hydrogen-bond donors (Lipinski definition) is 4. The molecule has 0 radical (unpaired) electrons. The highest BCUT2D eigenvalue weighted by molar-refractivity contribution is 8.77. The second kappa shape index (κ2) is 32.7. The van der Waals surface area contributed by atoms with Crippen LogP contribution in [0.5, 0.6) is 0 Å². The third kappa shape index (κ3) is 24.8. The molecule has 0 aliphatic carbocycles. The van der Waals surface area contributed by atoms with E-state index in [0.29, 0.717) is 0 Å². The van der Waals surface area contributed by atoms with Crippen molar-refractivity contribution in [3.05, 3.63) is 73.2 Å². The van der Waals surface area contributed by atoms with Crippen LogP contribution in [0.1, 0.15) is 7.43 Å². The van der Waals surface area contributed by atoms with E-state index in [4.69, 9.17) is 5.11 Å². The standard InChI is InChI=1S/C10H8N2S2.C7H10N2S2.C2H7NS.CH4O.CH4.2ClH/c1-3-7-11-9(5-1)13-14-10-6-2-4-8-12-10;8-4-6-10-11-7-3-1-2-5-9-7;3-1-2-4;1-2;;;/h1-8H;1-3,5H,4,6,8H2;4H,1-3H2;2H,1H3;1H4;2*1H. The van der Waals surface area contributed by atoms with E-state index in [1.807, 2.05) is 60.8 Å². The summed E-state index contributed by atoms with van der Waals surface area (Å²) in [5.74, 6) is 1.99. The van der Waals surface area contributed by atoms with Crippen molar-refractivity contribution in [3.8, 4) is 0 Å². The minimum atomic E-state index is 0. The van der Waals surface area contributed by atoms with E-state index >= 15 is 0 Å². The molecule has 0 amide bonds. The number of rotatable bonds is 8. The number of quaternary nitrogens is 2. The lowest BCUT2D eigenvalue weighted by molar-refractivity contribution is -0.360. The van der Waals surface area contributed by atoms with Crippen molar-refractivity contribution in [1.29, 1.82) is 0 Å². The number of pyridine rings is 3. The molecule has 0 fully saturated rings. The van der Waals surface area contributed by atoms with Gasteiger partial charge in [-0.25, -0.2) is 15.0 Å². The maximum absolute atomic E-state index is 7.00. The lowest BCUT2D eigenvalue weighted by Gasteiger charge is -1.97. The summed E-state index contributed by atoms with van der Waals surface area (Å²) in [7, 11) is 7.74. The Hall–Kier alpha value is -0.340. The van der Waals surface area contributed by atoms with Crippen LogP contribution in [0.2, 0.25) is 0 Å². The first-order chi connectivity index (χ1) is 15.3. The van der Waals surface area contributed by atoms with Gasteiger partial charge in [0.15, 0.2) is 0 Å². The van der Waals surface area contributed by atoms with Crippen molar-refractivity contribution >= 4 is 55.8 Å². The van der Waals surface area contributed by atoms with E-state index in [1.54, 1.807) is 55.6 Å². The van der Waals surface area contributed by atoms with Crippen molar-refractivity contribution in [2.24, 2.45) is 0 Å². The van der Waals surface area contributed by atoms with Gasteiger partial charge >= 0.3 is 0 Å². The molecule has 7 N–H and O–H groups in total. The molecular formula is C21H35Cl2N5OS5. The fourth-order valence-corrected chi connectivity index (χ4v) is 5.01. The molecule has 3 aromatic rings. The van der Waals surface area contributed by atoms with E-state index in [2.05, 4.69) is 39.0 Å². The fraction of sp³-hybridized carbons (Fsp3) is 0.286. The van der Waals surface area contributed by atoms with Crippen LogP contribution in [0.15, 0.2) is 88.3 Å². The van der Waals surface area contributed by atoms with E-state index < -0.39 is 0 Å². The molecule has 13 heteroatoms. The summed E-state index contributed by atoms with van der Waals surface area (Å²) in [6.45, 7) is 1.91. The van der Waals surface area contributed by atoms with E-state index in [9.17, 15) is 0 Å². The van der Waals surface area contributed by atoms with Crippen LogP contribution in [0.25, 0.3) is 0 Å². The number of aliphatic hydroxyl groups excluding tert-OH is 1. The molecule has 3 rings (SSSR count). The first kappa shape index (κ1) is 40.8. The first-order valence-electron chi connectivity index (χ1n) is 9.31. The van der Waals surface area contributed by atoms with Crippen LogP contribution in [-0.4, -0.2) is 51.8 Å². The van der Waals surface area contributed by atoms with Gasteiger partial charge in [-0.15, -0.1) is 0 Å². The van der Waals surface area contributed by atoms with Gasteiger partial charge in [-0.3, -0.25) is 0 Å². The molecule has 0 saturated carbocycles. The molecule has 0 aliphatic rings. The summed E-state index contributed by atoms with van der Waals surface area (Å²) in [5.41, 5.74) is 7.29. The maximum atomic E-state index is 7.00. The number of aromatic nitrogens is 3. The Labute approximate surface area is 238 Å². The predicted octanol–water partition coefficient (Wildman–Crippen LogP) is -2.25. The second-order valence-corrected chi connectivity index (χ2v) is 10.1. The molecule has 3 aromatic heterocycles. The summed E-state index contributed by atoms with van der Waals surface area (Å²) in [4.78, 5) is 12.6. The highest BCUT2D eigenvalue weighted by atomic mass is 35.5. The third-order valence-electron chi connectivity index (χ3n) is 2.66. The lowest BCUT2D eigenvalue weighted by atomic mass is 10.5. The average Bonchev–Trinajstić information content (AvgIpc) is 2.87. The Morgan fingerprint density at radius 3 is 1.32 bits per heavy atom. The van der Waals surface area contributed by atoms with Crippen molar-refractivity contribution in [3.63, 3.8) is 0 Å². The van der Waals surface area contributed by atoms with Gasteiger partial charge in [-0.05, 0) is 68.8 Å². The van der Waals surface area contributed by atoms with Gasteiger partial charge in [0.25, 0.3) is 0 Å². The van der Waals surface area contributed by atoms with Crippen molar-refractivity contribution < 1.29 is 41.4 Å². The Kier molecular flexibility index (Phi) is 39.2. The summed E-state index contributed by atoms with van der Waals surface area (Å²) >= 11 is 3.86. The number of aliphatic hydroxyl groups is 1. The topological polar surface area (TPSA) is 114 Å². The van der Waals surface area contributed by atoms with Crippen molar-refractivity contribution in [2.75, 3.05) is 31.7 Å². The van der Waals surface area contributed by atoms with Crippen LogP contribution in [0, 0.1) is 0 Å². The molecule has 6 nitrogen and oxygen atoms in total. The van der Waals surface area contributed by atoms with E-state index in [0.717, 1.165) is 46.8 Å². The minimum Gasteiger partial charge on any atom is -1.00 e. The summed E-state index contributed by atoms with van der Waals surface area (Å²) in [6.07, 6.45) is 5.40. The molecule has 194 valence electrons. The van der Waals surface area contributed by atoms with E-state index in [1.165, 1.54) is 0 Å². The summed E-state index contributed by atoms with van der Waals surface area (Å²) in [5, 5.41) is 10.1. The zero-order valence-electron chi connectivity index (χ0n) is 18.3. The highest BCUT2D eigenvalue weighted by Gasteiger charge is 1.97. The Morgan fingerprint density at radius 2 is 1.06 bits per heavy atom. The molecule has 3 heterocycles. The van der Waals surface area contributed by atoms with Gasteiger partial charge in [0, 0.05) is 31.5 Å². The summed E-state index contributed by atoms with van der Waals surface area (Å²) in [6, 6.07) is 17.7. The normalized spacial score (nSPS) is 8.38. The van der Waals surface area contributed by atoms with Crippen LogP contribution < -0.4 is 36.3 Å². The smallest absolute Gasteiger partial charge is 0.107 e. The molecule has 0 unspecified atom stereocenters. The van der Waals surface area contributed by atoms with Crippen LogP contribution in [0.3, 0.4) is 0 Å². The van der Waals surface area contributed by atoms with Gasteiger partial charge < -0.3 is 41.4 Å². The van der Waals surface area contributed by atoms with E-state index in [-0.39, 0.29) is 32.2 Å². The molecular weight excluding hydrogens is 570 g/mol. The molecule has 0 bridgehead atoms. The predicted molar refractivity (Wildman–Crippen MR) is 147 cm³/mol. The van der Waals surface area contributed by atoms with Gasteiger partial charge in [-0.2, -0.15) is 12.6 Å². The molecule has 0 saturated heterocycles. The lowest BCUT2D eigenvalue weighted by Crippen LogP contribution is -3.00. The Morgan fingerprint density at radius 1 is 0.706 bits per heavy atom. The zero-order chi connectivity index (χ0) is 23.0. The summed E-state index contributed by atoms with van der Waals surface area (Å²) < 4.78 is 0. The van der Waals surface area contributed by atoms with Gasteiger partial charge in [0.2, 0.25) is 0 Å². The van der Waals surface area contributed by atoms with Gasteiger partial charge in [0.1, 0.15) is 15.1 Å². The van der Waals surface area contributed by atoms with Crippen LogP contribution >= 0.6 is 55.8 Å². The molecule has 0 spiro atoms. The monoisotopic (exact) mass is 603 g/mol. The Bertz CT molecular complexity index is 700. The third-order valence-corrected chi connectivity index (χ3v) is 7.51. The Balaban J connectivity index is -0.000000204. The average molecular weight is 605 g/mol. The number of nitrogens with zero attached hydrogens (tertiary/aromatic N) is 3. The van der Waals surface area contributed by atoms with Crippen LogP contribution in [0.4, 0.5) is 0 Å². The van der Waals surface area contributed by atoms with Crippen molar-refractivity contribution in [2.45, 2.75) is 22.5 Å². The molecule has 0 atom stereocenters. The van der Waals surface area contributed by atoms with Gasteiger partial charge in [0.05, 0.1) is 18.8 Å². The molecule has 0 aliphatic heterocycles. The maximum Gasteiger partial charge on any atom is 0.107 e. The number of thiol groups is 1. The first-order valence-corrected chi connectivity index (χ1v) is 14.4. The quantitative estimate of drug-likeness (QED) is 0.130. The fourth-order valence-electron chi connectivity index (χ4n) is 1.44. The van der Waals surface area contributed by atoms with Crippen LogP contribution in [-0.2, 0) is 0 Å². The second-order valence-electron chi connectivity index (χ2n) is 5.01. The molecule has 34 heavy (non-hydrogen) atoms. The van der Waals surface area contributed by atoms with Gasteiger partial charge in [-0.1, -0.05) is 36.4 Å². The minimum absolute atomic E-state index is 0.